The first-order valence-corrected chi connectivity index (χ1v) is 9.27. The topological polar surface area (TPSA) is 71.1 Å². The van der Waals surface area contributed by atoms with Gasteiger partial charge in [0.15, 0.2) is 0 Å². The lowest BCUT2D eigenvalue weighted by Crippen LogP contribution is -2.42. The molecule has 3 amide bonds. The van der Waals surface area contributed by atoms with E-state index < -0.39 is 0 Å². The van der Waals surface area contributed by atoms with Crippen molar-refractivity contribution < 1.29 is 19.1 Å². The number of anilines is 1. The fourth-order valence-electron chi connectivity index (χ4n) is 3.28. The van der Waals surface area contributed by atoms with Crippen molar-refractivity contribution in [2.75, 3.05) is 45.2 Å². The Morgan fingerprint density at radius 1 is 1.19 bits per heavy atom. The van der Waals surface area contributed by atoms with Crippen LogP contribution in [-0.2, 0) is 9.53 Å². The summed E-state index contributed by atoms with van der Waals surface area (Å²) < 4.78 is 10.7. The quantitative estimate of drug-likeness (QED) is 0.873. The van der Waals surface area contributed by atoms with Gasteiger partial charge in [-0.25, -0.2) is 4.79 Å². The van der Waals surface area contributed by atoms with E-state index in [1.54, 1.807) is 23.1 Å². The molecule has 1 aromatic carbocycles. The van der Waals surface area contributed by atoms with Crippen LogP contribution in [0.2, 0.25) is 5.02 Å². The molecule has 2 aliphatic rings. The number of halogens is 1. The van der Waals surface area contributed by atoms with Crippen molar-refractivity contribution in [3.05, 3.63) is 23.2 Å². The Morgan fingerprint density at radius 2 is 1.96 bits per heavy atom. The third kappa shape index (κ3) is 4.22. The number of amides is 3. The Kier molecular flexibility index (Phi) is 6.21. The number of nitrogens with one attached hydrogen (secondary N) is 1. The van der Waals surface area contributed by atoms with Crippen LogP contribution in [0, 0.1) is 0 Å². The van der Waals surface area contributed by atoms with Crippen molar-refractivity contribution >= 4 is 29.2 Å². The van der Waals surface area contributed by atoms with Gasteiger partial charge in [0.25, 0.3) is 5.91 Å². The van der Waals surface area contributed by atoms with Crippen molar-refractivity contribution in [1.29, 1.82) is 0 Å². The fraction of sp³-hybridized carbons (Fsp3) is 0.556. The minimum Gasteiger partial charge on any atom is -0.495 e. The van der Waals surface area contributed by atoms with E-state index in [0.29, 0.717) is 49.2 Å². The van der Waals surface area contributed by atoms with Crippen LogP contribution in [0.5, 0.6) is 5.75 Å². The predicted octanol–water partition coefficient (Wildman–Crippen LogP) is 2.59. The van der Waals surface area contributed by atoms with Crippen LogP contribution in [0.4, 0.5) is 10.5 Å². The molecule has 0 spiro atoms. The summed E-state index contributed by atoms with van der Waals surface area (Å²) in [5.41, 5.74) is 0.507. The zero-order chi connectivity index (χ0) is 18.5. The highest BCUT2D eigenvalue weighted by Gasteiger charge is 2.30. The molecule has 3 rings (SSSR count). The SMILES string of the molecule is COc1cccc(NC(=O)N2CCCN(C(=O)C3CCCO3)CC2)c1Cl. The molecule has 26 heavy (non-hydrogen) atoms. The van der Waals surface area contributed by atoms with Crippen LogP contribution in [0.3, 0.4) is 0 Å². The van der Waals surface area contributed by atoms with Crippen molar-refractivity contribution in [3.8, 4) is 5.75 Å². The first kappa shape index (κ1) is 18.8. The normalized spacial score (nSPS) is 20.6. The molecule has 2 saturated heterocycles. The van der Waals surface area contributed by atoms with Gasteiger partial charge in [0.05, 0.1) is 12.8 Å². The second kappa shape index (κ2) is 8.60. The van der Waals surface area contributed by atoms with Gasteiger partial charge in [-0.15, -0.1) is 0 Å². The number of ether oxygens (including phenoxy) is 2. The molecule has 1 unspecified atom stereocenters. The van der Waals surface area contributed by atoms with Crippen LogP contribution in [-0.4, -0.2) is 67.7 Å². The number of carbonyl (C=O) groups excluding carboxylic acids is 2. The van der Waals surface area contributed by atoms with Gasteiger partial charge in [-0.1, -0.05) is 17.7 Å². The maximum atomic E-state index is 12.6. The van der Waals surface area contributed by atoms with Crippen molar-refractivity contribution in [3.63, 3.8) is 0 Å². The largest absolute Gasteiger partial charge is 0.495 e. The second-order valence-corrected chi connectivity index (χ2v) is 6.80. The molecule has 1 atom stereocenters. The molecule has 2 aliphatic heterocycles. The summed E-state index contributed by atoms with van der Waals surface area (Å²) in [7, 11) is 1.53. The molecule has 0 bridgehead atoms. The van der Waals surface area contributed by atoms with E-state index in [2.05, 4.69) is 5.32 Å². The summed E-state index contributed by atoms with van der Waals surface area (Å²) >= 11 is 6.24. The first-order chi connectivity index (χ1) is 12.6. The van der Waals surface area contributed by atoms with E-state index in [1.807, 2.05) is 4.90 Å². The summed E-state index contributed by atoms with van der Waals surface area (Å²) in [5, 5.41) is 3.20. The summed E-state index contributed by atoms with van der Waals surface area (Å²) in [6.07, 6.45) is 2.14. The number of urea groups is 1. The van der Waals surface area contributed by atoms with Crippen LogP contribution in [0.15, 0.2) is 18.2 Å². The predicted molar refractivity (Wildman–Crippen MR) is 98.8 cm³/mol. The zero-order valence-corrected chi connectivity index (χ0v) is 15.6. The molecule has 0 aliphatic carbocycles. The molecule has 1 N–H and O–H groups in total. The minimum atomic E-state index is -0.314. The minimum absolute atomic E-state index is 0.0422. The Bertz CT molecular complexity index is 664. The molecule has 1 aromatic rings. The van der Waals surface area contributed by atoms with Crippen molar-refractivity contribution in [2.45, 2.75) is 25.4 Å². The molecule has 142 valence electrons. The Morgan fingerprint density at radius 3 is 2.69 bits per heavy atom. The summed E-state index contributed by atoms with van der Waals surface area (Å²) in [4.78, 5) is 28.6. The Labute approximate surface area is 158 Å². The number of hydrogen-bond acceptors (Lipinski definition) is 4. The van der Waals surface area contributed by atoms with Gasteiger partial charge in [-0.05, 0) is 31.4 Å². The fourth-order valence-corrected chi connectivity index (χ4v) is 3.53. The lowest BCUT2D eigenvalue weighted by atomic mass is 10.2. The van der Waals surface area contributed by atoms with Gasteiger partial charge < -0.3 is 24.6 Å². The standard InChI is InChI=1S/C18H24ClN3O4/c1-25-14-6-2-5-13(16(14)19)20-18(24)22-9-4-8-21(10-11-22)17(23)15-7-3-12-26-15/h2,5-6,15H,3-4,7-12H2,1H3,(H,20,24). The van der Waals surface area contributed by atoms with Crippen molar-refractivity contribution in [2.24, 2.45) is 0 Å². The first-order valence-electron chi connectivity index (χ1n) is 8.89. The van der Waals surface area contributed by atoms with E-state index in [-0.39, 0.29) is 18.0 Å². The smallest absolute Gasteiger partial charge is 0.321 e. The molecule has 2 fully saturated rings. The highest BCUT2D eigenvalue weighted by atomic mass is 35.5. The summed E-state index contributed by atoms with van der Waals surface area (Å²) in [6, 6.07) is 5.00. The van der Waals surface area contributed by atoms with E-state index in [0.717, 1.165) is 19.3 Å². The molecule has 0 radical (unpaired) electrons. The van der Waals surface area contributed by atoms with Crippen LogP contribution < -0.4 is 10.1 Å². The number of carbonyl (C=O) groups is 2. The number of methoxy groups -OCH3 is 1. The van der Waals surface area contributed by atoms with Gasteiger partial charge in [0.1, 0.15) is 16.9 Å². The number of rotatable bonds is 3. The van der Waals surface area contributed by atoms with Crippen LogP contribution in [0.25, 0.3) is 0 Å². The lowest BCUT2D eigenvalue weighted by molar-refractivity contribution is -0.140. The molecule has 0 aromatic heterocycles. The highest BCUT2D eigenvalue weighted by Crippen LogP contribution is 2.31. The molecular formula is C18H24ClN3O4. The average molecular weight is 382 g/mol. The zero-order valence-electron chi connectivity index (χ0n) is 14.9. The summed E-state index contributed by atoms with van der Waals surface area (Å²) in [5.74, 6) is 0.550. The molecule has 8 heteroatoms. The Hall–Kier alpha value is -1.99. The number of hydrogen-bond donors (Lipinski definition) is 1. The molecule has 7 nitrogen and oxygen atoms in total. The van der Waals surface area contributed by atoms with Gasteiger partial charge >= 0.3 is 6.03 Å². The maximum absolute atomic E-state index is 12.6. The van der Waals surface area contributed by atoms with E-state index in [1.165, 1.54) is 7.11 Å². The average Bonchev–Trinajstić information content (AvgIpc) is 3.07. The lowest BCUT2D eigenvalue weighted by Gasteiger charge is -2.24. The molecule has 2 heterocycles. The maximum Gasteiger partial charge on any atom is 0.321 e. The van der Waals surface area contributed by atoms with Gasteiger partial charge in [0, 0.05) is 32.8 Å². The second-order valence-electron chi connectivity index (χ2n) is 6.42. The van der Waals surface area contributed by atoms with E-state index in [4.69, 9.17) is 21.1 Å². The van der Waals surface area contributed by atoms with Gasteiger partial charge in [0.2, 0.25) is 0 Å². The van der Waals surface area contributed by atoms with Gasteiger partial charge in [-0.2, -0.15) is 0 Å². The van der Waals surface area contributed by atoms with Crippen LogP contribution >= 0.6 is 11.6 Å². The number of nitrogens with zero attached hydrogens (tertiary/aromatic N) is 2. The van der Waals surface area contributed by atoms with Crippen LogP contribution in [0.1, 0.15) is 19.3 Å². The molecular weight excluding hydrogens is 358 g/mol. The van der Waals surface area contributed by atoms with Gasteiger partial charge in [-0.3, -0.25) is 4.79 Å². The molecule has 0 saturated carbocycles. The van der Waals surface area contributed by atoms with E-state index in [9.17, 15) is 9.59 Å². The van der Waals surface area contributed by atoms with Crippen molar-refractivity contribution in [1.82, 2.24) is 9.80 Å². The third-order valence-electron chi connectivity index (χ3n) is 4.72. The summed E-state index contributed by atoms with van der Waals surface area (Å²) in [6.45, 7) is 2.87. The van der Waals surface area contributed by atoms with E-state index >= 15 is 0 Å². The third-order valence-corrected chi connectivity index (χ3v) is 5.11. The number of benzene rings is 1. The Balaban J connectivity index is 1.58. The highest BCUT2D eigenvalue weighted by molar-refractivity contribution is 6.35. The monoisotopic (exact) mass is 381 g/mol.